The topological polar surface area (TPSA) is 58.0 Å². The molecule has 1 aromatic rings. The molecule has 0 saturated heterocycles. The molecule has 2 fully saturated rings. The van der Waals surface area contributed by atoms with Crippen LogP contribution in [0, 0.1) is 12.8 Å². The van der Waals surface area contributed by atoms with Crippen LogP contribution < -0.4 is 5.32 Å². The van der Waals surface area contributed by atoms with Crippen molar-refractivity contribution < 1.29 is 5.11 Å². The highest BCUT2D eigenvalue weighted by Gasteiger charge is 2.44. The summed E-state index contributed by atoms with van der Waals surface area (Å²) in [6.45, 7) is 2.28. The quantitative estimate of drug-likeness (QED) is 0.599. The van der Waals surface area contributed by atoms with Crippen molar-refractivity contribution in [1.82, 2.24) is 15.3 Å². The van der Waals surface area contributed by atoms with E-state index in [2.05, 4.69) is 15.3 Å². The van der Waals surface area contributed by atoms with Crippen LogP contribution in [-0.2, 0) is 0 Å². The minimum atomic E-state index is -0.0187. The van der Waals surface area contributed by atoms with Gasteiger partial charge in [0.25, 0.3) is 0 Å². The number of hydrogen-bond acceptors (Lipinski definition) is 5. The molecule has 5 heteroatoms. The van der Waals surface area contributed by atoms with E-state index in [9.17, 15) is 5.11 Å². The Hall–Kier alpha value is -0.650. The first-order chi connectivity index (χ1) is 10.2. The summed E-state index contributed by atoms with van der Waals surface area (Å²) in [7, 11) is 0. The highest BCUT2D eigenvalue weighted by Crippen LogP contribution is 2.40. The predicted molar refractivity (Wildman–Crippen MR) is 85.4 cm³/mol. The number of nitrogens with zero attached hydrogens (tertiary/aromatic N) is 2. The maximum absolute atomic E-state index is 9.92. The second-order valence-corrected chi connectivity index (χ2v) is 7.50. The first-order valence-corrected chi connectivity index (χ1v) is 9.01. The minimum absolute atomic E-state index is 0.0187. The van der Waals surface area contributed by atoms with Crippen LogP contribution in [0.5, 0.6) is 0 Å². The smallest absolute Gasteiger partial charge is 0.187 e. The predicted octanol–water partition coefficient (Wildman–Crippen LogP) is 2.55. The third kappa shape index (κ3) is 3.76. The molecule has 0 aliphatic heterocycles. The molecule has 2 atom stereocenters. The van der Waals surface area contributed by atoms with Gasteiger partial charge in [-0.25, -0.2) is 9.97 Å². The van der Waals surface area contributed by atoms with Crippen LogP contribution in [0.15, 0.2) is 17.4 Å². The van der Waals surface area contributed by atoms with E-state index in [1.165, 1.54) is 25.7 Å². The molecule has 21 heavy (non-hydrogen) atoms. The molecule has 0 aromatic carbocycles. The van der Waals surface area contributed by atoms with Gasteiger partial charge >= 0.3 is 0 Å². The third-order valence-corrected chi connectivity index (χ3v) is 5.67. The second-order valence-electron chi connectivity index (χ2n) is 6.44. The Balaban J connectivity index is 1.53. The van der Waals surface area contributed by atoms with Gasteiger partial charge in [-0.3, -0.25) is 0 Å². The second kappa shape index (κ2) is 6.63. The van der Waals surface area contributed by atoms with Crippen molar-refractivity contribution in [3.8, 4) is 0 Å². The molecular weight excluding hydrogens is 282 g/mol. The highest BCUT2D eigenvalue weighted by molar-refractivity contribution is 7.99. The summed E-state index contributed by atoms with van der Waals surface area (Å²) in [5.74, 6) is 1.61. The van der Waals surface area contributed by atoms with E-state index in [1.54, 1.807) is 11.8 Å². The van der Waals surface area contributed by atoms with Crippen molar-refractivity contribution in [2.45, 2.75) is 62.2 Å². The zero-order valence-electron chi connectivity index (χ0n) is 12.7. The first-order valence-electron chi connectivity index (χ1n) is 8.03. The van der Waals surface area contributed by atoms with E-state index in [1.807, 2.05) is 19.2 Å². The molecule has 2 N–H and O–H groups in total. The largest absolute Gasteiger partial charge is 0.394 e. The van der Waals surface area contributed by atoms with Crippen molar-refractivity contribution in [2.24, 2.45) is 5.92 Å². The van der Waals surface area contributed by atoms with Gasteiger partial charge in [-0.05, 0) is 51.0 Å². The first kappa shape index (κ1) is 15.3. The summed E-state index contributed by atoms with van der Waals surface area (Å²) in [4.78, 5) is 8.74. The lowest BCUT2D eigenvalue weighted by atomic mass is 9.85. The molecule has 2 unspecified atom stereocenters. The van der Waals surface area contributed by atoms with Gasteiger partial charge in [-0.1, -0.05) is 18.2 Å². The Labute approximate surface area is 131 Å². The van der Waals surface area contributed by atoms with E-state index in [0.717, 1.165) is 29.4 Å². The van der Waals surface area contributed by atoms with E-state index in [-0.39, 0.29) is 12.1 Å². The average molecular weight is 307 g/mol. The molecule has 0 spiro atoms. The number of thioether (sulfide) groups is 1. The number of hydrogen-bond donors (Lipinski definition) is 2. The molecule has 0 amide bonds. The fraction of sp³-hybridized carbons (Fsp3) is 0.750. The maximum atomic E-state index is 9.92. The Morgan fingerprint density at radius 3 is 3.00 bits per heavy atom. The molecule has 2 aliphatic rings. The van der Waals surface area contributed by atoms with Crippen LogP contribution in [0.1, 0.15) is 44.2 Å². The molecule has 0 radical (unpaired) electrons. The SMILES string of the molecule is Cc1ccnc(SCCC2CCCC2(CO)NC2CC2)n1. The van der Waals surface area contributed by atoms with Crippen molar-refractivity contribution in [1.29, 1.82) is 0 Å². The van der Waals surface area contributed by atoms with Gasteiger partial charge in [-0.15, -0.1) is 0 Å². The molecule has 2 aliphatic carbocycles. The van der Waals surface area contributed by atoms with Gasteiger partial charge < -0.3 is 10.4 Å². The summed E-state index contributed by atoms with van der Waals surface area (Å²) in [5.41, 5.74) is 1.00. The number of nitrogens with one attached hydrogen (secondary N) is 1. The lowest BCUT2D eigenvalue weighted by Gasteiger charge is -2.35. The van der Waals surface area contributed by atoms with E-state index in [0.29, 0.717) is 12.0 Å². The molecule has 4 nitrogen and oxygen atoms in total. The molecule has 1 aromatic heterocycles. The molecule has 0 bridgehead atoms. The van der Waals surface area contributed by atoms with Crippen molar-refractivity contribution in [3.63, 3.8) is 0 Å². The van der Waals surface area contributed by atoms with E-state index >= 15 is 0 Å². The summed E-state index contributed by atoms with van der Waals surface area (Å²) >= 11 is 1.74. The van der Waals surface area contributed by atoms with Gasteiger partial charge in [0.1, 0.15) is 0 Å². The standard InChI is InChI=1S/C16H25N3OS/c1-12-6-9-17-15(18-12)21-10-7-13-3-2-8-16(13,11-20)19-14-4-5-14/h6,9,13-14,19-20H,2-5,7-8,10-11H2,1H3. The maximum Gasteiger partial charge on any atom is 0.187 e. The fourth-order valence-corrected chi connectivity index (χ4v) is 4.36. The summed E-state index contributed by atoms with van der Waals surface area (Å²) in [5, 5.41) is 14.5. The Kier molecular flexibility index (Phi) is 4.82. The summed E-state index contributed by atoms with van der Waals surface area (Å²) in [6.07, 6.45) is 9.10. The number of aliphatic hydroxyl groups excluding tert-OH is 1. The molecule has 3 rings (SSSR count). The van der Waals surface area contributed by atoms with Gasteiger partial charge in [-0.2, -0.15) is 0 Å². The van der Waals surface area contributed by atoms with Crippen molar-refractivity contribution in [3.05, 3.63) is 18.0 Å². The Morgan fingerprint density at radius 2 is 2.29 bits per heavy atom. The van der Waals surface area contributed by atoms with Crippen LogP contribution in [-0.4, -0.2) is 39.0 Å². The normalized spacial score (nSPS) is 29.0. The zero-order valence-corrected chi connectivity index (χ0v) is 13.5. The number of aliphatic hydroxyl groups is 1. The van der Waals surface area contributed by atoms with Gasteiger partial charge in [0.05, 0.1) is 6.61 Å². The summed E-state index contributed by atoms with van der Waals surface area (Å²) < 4.78 is 0. The molecule has 2 saturated carbocycles. The van der Waals surface area contributed by atoms with Crippen LogP contribution in [0.4, 0.5) is 0 Å². The van der Waals surface area contributed by atoms with Crippen LogP contribution in [0.3, 0.4) is 0 Å². The van der Waals surface area contributed by atoms with Crippen LogP contribution >= 0.6 is 11.8 Å². The zero-order chi connectivity index (χ0) is 14.7. The lowest BCUT2D eigenvalue weighted by molar-refractivity contribution is 0.120. The fourth-order valence-electron chi connectivity index (χ4n) is 3.43. The van der Waals surface area contributed by atoms with Gasteiger partial charge in [0.15, 0.2) is 5.16 Å². The van der Waals surface area contributed by atoms with E-state index in [4.69, 9.17) is 0 Å². The minimum Gasteiger partial charge on any atom is -0.394 e. The van der Waals surface area contributed by atoms with Crippen LogP contribution in [0.25, 0.3) is 0 Å². The number of aryl methyl sites for hydroxylation is 1. The van der Waals surface area contributed by atoms with Crippen molar-refractivity contribution >= 4 is 11.8 Å². The van der Waals surface area contributed by atoms with Gasteiger partial charge in [0, 0.05) is 29.2 Å². The number of rotatable bonds is 7. The van der Waals surface area contributed by atoms with Crippen LogP contribution in [0.2, 0.25) is 0 Å². The van der Waals surface area contributed by atoms with Crippen molar-refractivity contribution in [2.75, 3.05) is 12.4 Å². The Bertz CT molecular complexity index is 480. The molecular formula is C16H25N3OS. The molecule has 1 heterocycles. The van der Waals surface area contributed by atoms with E-state index < -0.39 is 0 Å². The monoisotopic (exact) mass is 307 g/mol. The van der Waals surface area contributed by atoms with Gasteiger partial charge in [0.2, 0.25) is 0 Å². The number of aromatic nitrogens is 2. The molecule has 116 valence electrons. The highest BCUT2D eigenvalue weighted by atomic mass is 32.2. The Morgan fingerprint density at radius 1 is 1.43 bits per heavy atom. The summed E-state index contributed by atoms with van der Waals surface area (Å²) in [6, 6.07) is 2.59. The lowest BCUT2D eigenvalue weighted by Crippen LogP contribution is -2.52. The average Bonchev–Trinajstić information content (AvgIpc) is 3.20. The third-order valence-electron chi connectivity index (χ3n) is 4.78.